The third kappa shape index (κ3) is 5.19. The lowest BCUT2D eigenvalue weighted by atomic mass is 10.1. The van der Waals surface area contributed by atoms with E-state index in [-0.39, 0.29) is 5.92 Å². The number of hydrogen-bond donors (Lipinski definition) is 0. The highest BCUT2D eigenvalue weighted by Crippen LogP contribution is 2.14. The molecule has 1 atom stereocenters. The third-order valence-electron chi connectivity index (χ3n) is 2.24. The van der Waals surface area contributed by atoms with Crippen molar-refractivity contribution in [3.63, 3.8) is 0 Å². The number of rotatable bonds is 6. The van der Waals surface area contributed by atoms with Gasteiger partial charge in [0.25, 0.3) is 0 Å². The van der Waals surface area contributed by atoms with Crippen molar-refractivity contribution in [3.8, 4) is 0 Å². The van der Waals surface area contributed by atoms with Crippen molar-refractivity contribution in [2.45, 2.75) is 53.1 Å². The molecule has 0 aromatic carbocycles. The zero-order valence-corrected chi connectivity index (χ0v) is 9.62. The van der Waals surface area contributed by atoms with E-state index < -0.39 is 11.6 Å². The number of hydrogen-bond acceptors (Lipinski definition) is 4. The summed E-state index contributed by atoms with van der Waals surface area (Å²) in [6.45, 7) is 9.34. The summed E-state index contributed by atoms with van der Waals surface area (Å²) in [7, 11) is 0. The summed E-state index contributed by atoms with van der Waals surface area (Å²) in [5, 5.41) is 4.42. The minimum Gasteiger partial charge on any atom is -0.269 e. The highest BCUT2D eigenvalue weighted by molar-refractivity contribution is 5.71. The molecule has 0 amide bonds. The Morgan fingerprint density at radius 1 is 1.36 bits per heavy atom. The Morgan fingerprint density at radius 2 is 1.93 bits per heavy atom. The molecule has 0 heterocycles. The van der Waals surface area contributed by atoms with Crippen molar-refractivity contribution in [2.75, 3.05) is 0 Å². The van der Waals surface area contributed by atoms with Crippen LogP contribution in [-0.4, -0.2) is 11.6 Å². The van der Waals surface area contributed by atoms with Gasteiger partial charge >= 0.3 is 5.97 Å². The SMILES string of the molecule is CCC(C)C(=O)OOOC(C)(C)CC. The number of carbonyl (C=O) groups excluding carboxylic acids is 1. The maximum Gasteiger partial charge on any atom is 0.348 e. The van der Waals surface area contributed by atoms with Crippen LogP contribution in [0.1, 0.15) is 47.5 Å². The van der Waals surface area contributed by atoms with Gasteiger partial charge < -0.3 is 0 Å². The predicted octanol–water partition coefficient (Wildman–Crippen LogP) is 2.63. The van der Waals surface area contributed by atoms with E-state index in [4.69, 9.17) is 4.89 Å². The van der Waals surface area contributed by atoms with Crippen LogP contribution in [0.5, 0.6) is 0 Å². The summed E-state index contributed by atoms with van der Waals surface area (Å²) in [6.07, 6.45) is 1.49. The molecule has 1 unspecified atom stereocenters. The third-order valence-corrected chi connectivity index (χ3v) is 2.24. The molecular weight excluding hydrogens is 184 g/mol. The van der Waals surface area contributed by atoms with E-state index in [0.717, 1.165) is 12.8 Å². The second-order valence-electron chi connectivity index (χ2n) is 3.98. The molecule has 0 aliphatic rings. The summed E-state index contributed by atoms with van der Waals surface area (Å²) in [6, 6.07) is 0. The van der Waals surface area contributed by atoms with Crippen LogP contribution in [0.3, 0.4) is 0 Å². The van der Waals surface area contributed by atoms with Gasteiger partial charge in [0.2, 0.25) is 0 Å². The van der Waals surface area contributed by atoms with Crippen LogP contribution in [0, 0.1) is 5.92 Å². The van der Waals surface area contributed by atoms with Gasteiger partial charge in [-0.15, -0.1) is 0 Å². The van der Waals surface area contributed by atoms with Crippen LogP contribution >= 0.6 is 0 Å². The first-order chi connectivity index (χ1) is 6.43. The Hall–Kier alpha value is -0.610. The van der Waals surface area contributed by atoms with Crippen LogP contribution < -0.4 is 0 Å². The Kier molecular flexibility index (Phi) is 5.72. The van der Waals surface area contributed by atoms with E-state index in [1.807, 2.05) is 27.7 Å². The van der Waals surface area contributed by atoms with E-state index in [1.54, 1.807) is 6.92 Å². The molecule has 4 heteroatoms. The Morgan fingerprint density at radius 3 is 2.36 bits per heavy atom. The molecule has 84 valence electrons. The van der Waals surface area contributed by atoms with E-state index in [9.17, 15) is 4.79 Å². The van der Waals surface area contributed by atoms with Gasteiger partial charge in [-0.2, -0.15) is 4.89 Å². The molecule has 0 aliphatic heterocycles. The fourth-order valence-corrected chi connectivity index (χ4v) is 0.450. The smallest absolute Gasteiger partial charge is 0.269 e. The van der Waals surface area contributed by atoms with Crippen LogP contribution in [0.4, 0.5) is 0 Å². The Bertz CT molecular complexity index is 177. The second-order valence-corrected chi connectivity index (χ2v) is 3.98. The molecule has 0 aromatic heterocycles. The minimum absolute atomic E-state index is 0.164. The van der Waals surface area contributed by atoms with Gasteiger partial charge in [0.1, 0.15) is 5.60 Å². The van der Waals surface area contributed by atoms with Crippen molar-refractivity contribution in [1.29, 1.82) is 0 Å². The molecule has 14 heavy (non-hydrogen) atoms. The average molecular weight is 204 g/mol. The first-order valence-electron chi connectivity index (χ1n) is 4.99. The molecule has 4 nitrogen and oxygen atoms in total. The quantitative estimate of drug-likeness (QED) is 0.493. The van der Waals surface area contributed by atoms with Crippen LogP contribution in [0.15, 0.2) is 0 Å². The summed E-state index contributed by atoms with van der Waals surface area (Å²) >= 11 is 0. The van der Waals surface area contributed by atoms with Gasteiger partial charge in [0.05, 0.1) is 5.92 Å². The van der Waals surface area contributed by atoms with E-state index in [2.05, 4.69) is 9.93 Å². The summed E-state index contributed by atoms with van der Waals surface area (Å²) in [5.41, 5.74) is -0.435. The summed E-state index contributed by atoms with van der Waals surface area (Å²) in [4.78, 5) is 20.5. The fraction of sp³-hybridized carbons (Fsp3) is 0.900. The van der Waals surface area contributed by atoms with Crippen LogP contribution in [0.25, 0.3) is 0 Å². The van der Waals surface area contributed by atoms with Crippen molar-refractivity contribution >= 4 is 5.97 Å². The molecule has 0 saturated heterocycles. The lowest BCUT2D eigenvalue weighted by Gasteiger charge is -2.19. The molecule has 0 aromatic rings. The zero-order chi connectivity index (χ0) is 11.2. The summed E-state index contributed by atoms with van der Waals surface area (Å²) < 4.78 is 0. The maximum absolute atomic E-state index is 11.1. The average Bonchev–Trinajstić information content (AvgIpc) is 2.16. The van der Waals surface area contributed by atoms with Crippen molar-refractivity contribution in [2.24, 2.45) is 5.92 Å². The second kappa shape index (κ2) is 5.98. The predicted molar refractivity (Wildman–Crippen MR) is 52.1 cm³/mol. The van der Waals surface area contributed by atoms with Crippen LogP contribution in [-0.2, 0) is 19.6 Å². The minimum atomic E-state index is -0.435. The Labute approximate surface area is 85.4 Å². The molecule has 0 fully saturated rings. The van der Waals surface area contributed by atoms with E-state index in [1.165, 1.54) is 0 Å². The fourth-order valence-electron chi connectivity index (χ4n) is 0.450. The van der Waals surface area contributed by atoms with E-state index >= 15 is 0 Å². The van der Waals surface area contributed by atoms with E-state index in [0.29, 0.717) is 0 Å². The van der Waals surface area contributed by atoms with Gasteiger partial charge in [-0.05, 0) is 31.7 Å². The van der Waals surface area contributed by atoms with Crippen molar-refractivity contribution in [1.82, 2.24) is 0 Å². The monoisotopic (exact) mass is 204 g/mol. The molecule has 0 N–H and O–H groups in total. The topological polar surface area (TPSA) is 44.8 Å². The molecular formula is C10H20O4. The van der Waals surface area contributed by atoms with Gasteiger partial charge in [-0.25, -0.2) is 4.79 Å². The van der Waals surface area contributed by atoms with Gasteiger partial charge in [0.15, 0.2) is 0 Å². The Balaban J connectivity index is 3.69. The van der Waals surface area contributed by atoms with Crippen molar-refractivity contribution < 1.29 is 19.6 Å². The highest BCUT2D eigenvalue weighted by Gasteiger charge is 2.20. The lowest BCUT2D eigenvalue weighted by Crippen LogP contribution is -2.25. The van der Waals surface area contributed by atoms with Gasteiger partial charge in [0, 0.05) is 0 Å². The first-order valence-corrected chi connectivity index (χ1v) is 4.99. The largest absolute Gasteiger partial charge is 0.348 e. The van der Waals surface area contributed by atoms with Crippen molar-refractivity contribution in [3.05, 3.63) is 0 Å². The van der Waals surface area contributed by atoms with Crippen LogP contribution in [0.2, 0.25) is 0 Å². The zero-order valence-electron chi connectivity index (χ0n) is 9.62. The standard InChI is InChI=1S/C10H20O4/c1-6-8(3)9(11)12-14-13-10(4,5)7-2/h8H,6-7H2,1-5H3. The number of carbonyl (C=O) groups is 1. The molecule has 0 saturated carbocycles. The molecule has 0 spiro atoms. The highest BCUT2D eigenvalue weighted by atomic mass is 17.5. The maximum atomic E-state index is 11.1. The lowest BCUT2D eigenvalue weighted by molar-refractivity contribution is -0.517. The van der Waals surface area contributed by atoms with Gasteiger partial charge in [-0.3, -0.25) is 4.89 Å². The molecule has 0 radical (unpaired) electrons. The molecule has 0 bridgehead atoms. The van der Waals surface area contributed by atoms with Gasteiger partial charge in [-0.1, -0.05) is 20.8 Å². The molecule has 0 rings (SSSR count). The normalized spacial score (nSPS) is 13.8. The molecule has 0 aliphatic carbocycles. The summed E-state index contributed by atoms with van der Waals surface area (Å²) in [5.74, 6) is -0.567. The first kappa shape index (κ1) is 13.4.